The minimum Gasteiger partial charge on any atom is -0.342 e. The van der Waals surface area contributed by atoms with E-state index >= 15 is 0 Å². The van der Waals surface area contributed by atoms with Crippen LogP contribution in [-0.4, -0.2) is 96.7 Å². The molecule has 2 aliphatic heterocycles. The van der Waals surface area contributed by atoms with Crippen molar-refractivity contribution in [1.29, 1.82) is 0 Å². The highest BCUT2D eigenvalue weighted by Gasteiger charge is 2.26. The van der Waals surface area contributed by atoms with Crippen LogP contribution in [0.4, 0.5) is 0 Å². The van der Waals surface area contributed by atoms with Crippen molar-refractivity contribution < 1.29 is 14.4 Å². The third-order valence-corrected chi connectivity index (χ3v) is 6.91. The highest BCUT2D eigenvalue weighted by atomic mass is 79.9. The highest BCUT2D eigenvalue weighted by Crippen LogP contribution is 2.23. The Morgan fingerprint density at radius 2 is 1.61 bits per heavy atom. The van der Waals surface area contributed by atoms with Crippen molar-refractivity contribution in [2.45, 2.75) is 19.3 Å². The number of likely N-dealkylation sites (tertiary alicyclic amines) is 1. The summed E-state index contributed by atoms with van der Waals surface area (Å²) in [5.74, 6) is 0.00945. The zero-order valence-electron chi connectivity index (χ0n) is 16.2. The first kappa shape index (κ1) is 21.3. The lowest BCUT2D eigenvalue weighted by molar-refractivity contribution is -0.135. The molecule has 2 aliphatic rings. The summed E-state index contributed by atoms with van der Waals surface area (Å²) in [5, 5.41) is 0. The quantitative estimate of drug-likeness (QED) is 0.657. The molecule has 7 nitrogen and oxygen atoms in total. The van der Waals surface area contributed by atoms with Gasteiger partial charge in [-0.3, -0.25) is 19.3 Å². The number of likely N-dealkylation sites (N-methyl/N-ethyl adjacent to an activating group) is 1. The molecule has 154 valence electrons. The summed E-state index contributed by atoms with van der Waals surface area (Å²) in [7, 11) is 1.65. The normalized spacial score (nSPS) is 18.2. The van der Waals surface area contributed by atoms with E-state index in [1.54, 1.807) is 18.0 Å². The first-order valence-electron chi connectivity index (χ1n) is 9.73. The Morgan fingerprint density at radius 1 is 0.964 bits per heavy atom. The van der Waals surface area contributed by atoms with Crippen LogP contribution in [0.5, 0.6) is 0 Å². The molecular formula is C19H27BrN4O3S. The molecule has 3 heterocycles. The predicted octanol–water partition coefficient (Wildman–Crippen LogP) is 1.74. The summed E-state index contributed by atoms with van der Waals surface area (Å²) in [4.78, 5) is 45.3. The molecule has 0 atom stereocenters. The third kappa shape index (κ3) is 5.55. The number of carbonyl (C=O) groups is 3. The summed E-state index contributed by atoms with van der Waals surface area (Å²) >= 11 is 4.71. The number of hydrogen-bond acceptors (Lipinski definition) is 5. The van der Waals surface area contributed by atoms with Crippen molar-refractivity contribution in [3.05, 3.63) is 20.8 Å². The first-order valence-corrected chi connectivity index (χ1v) is 11.3. The Labute approximate surface area is 178 Å². The van der Waals surface area contributed by atoms with Crippen LogP contribution in [0.25, 0.3) is 0 Å². The predicted molar refractivity (Wildman–Crippen MR) is 112 cm³/mol. The Kier molecular flexibility index (Phi) is 7.48. The van der Waals surface area contributed by atoms with Gasteiger partial charge < -0.3 is 14.7 Å². The molecule has 28 heavy (non-hydrogen) atoms. The minimum atomic E-state index is -0.144. The van der Waals surface area contributed by atoms with Gasteiger partial charge in [0.1, 0.15) is 0 Å². The smallest absolute Gasteiger partial charge is 0.264 e. The number of thiophene rings is 1. The van der Waals surface area contributed by atoms with E-state index in [2.05, 4.69) is 20.8 Å². The topological polar surface area (TPSA) is 64.2 Å². The van der Waals surface area contributed by atoms with E-state index in [1.807, 2.05) is 11.0 Å². The summed E-state index contributed by atoms with van der Waals surface area (Å²) in [6, 6.07) is 3.59. The zero-order chi connectivity index (χ0) is 20.1. The second kappa shape index (κ2) is 9.84. The molecule has 0 radical (unpaired) electrons. The molecule has 1 aromatic heterocycles. The van der Waals surface area contributed by atoms with Crippen LogP contribution in [0, 0.1) is 0 Å². The molecule has 0 unspecified atom stereocenters. The van der Waals surface area contributed by atoms with Gasteiger partial charge in [-0.25, -0.2) is 0 Å². The minimum absolute atomic E-state index is 0.0477. The van der Waals surface area contributed by atoms with E-state index in [1.165, 1.54) is 22.7 Å². The Morgan fingerprint density at radius 3 is 2.21 bits per heavy atom. The van der Waals surface area contributed by atoms with Gasteiger partial charge in [0.05, 0.1) is 21.8 Å². The van der Waals surface area contributed by atoms with Gasteiger partial charge in [-0.1, -0.05) is 0 Å². The number of piperidine rings is 1. The number of halogens is 1. The van der Waals surface area contributed by atoms with Crippen molar-refractivity contribution in [1.82, 2.24) is 19.6 Å². The molecule has 3 amide bonds. The van der Waals surface area contributed by atoms with Crippen LogP contribution in [0.2, 0.25) is 0 Å². The van der Waals surface area contributed by atoms with Gasteiger partial charge in [-0.15, -0.1) is 11.3 Å². The van der Waals surface area contributed by atoms with Gasteiger partial charge in [0.2, 0.25) is 11.8 Å². The van der Waals surface area contributed by atoms with Crippen LogP contribution >= 0.6 is 27.3 Å². The first-order chi connectivity index (χ1) is 13.4. The molecule has 3 rings (SSSR count). The number of rotatable bonds is 5. The molecular weight excluding hydrogens is 444 g/mol. The van der Waals surface area contributed by atoms with E-state index in [0.717, 1.165) is 29.7 Å². The Hall–Kier alpha value is -1.45. The van der Waals surface area contributed by atoms with Crippen LogP contribution in [0.1, 0.15) is 28.9 Å². The van der Waals surface area contributed by atoms with Crippen LogP contribution in [0.15, 0.2) is 15.9 Å². The molecule has 0 N–H and O–H groups in total. The summed E-state index contributed by atoms with van der Waals surface area (Å²) in [6.07, 6.45) is 3.41. The Bertz CT molecular complexity index is 712. The molecule has 0 saturated carbocycles. The largest absolute Gasteiger partial charge is 0.342 e. The Balaban J connectivity index is 1.42. The molecule has 9 heteroatoms. The van der Waals surface area contributed by atoms with Crippen molar-refractivity contribution in [2.75, 3.05) is 59.4 Å². The van der Waals surface area contributed by atoms with Crippen molar-refractivity contribution in [3.63, 3.8) is 0 Å². The number of piperazine rings is 1. The summed E-state index contributed by atoms with van der Waals surface area (Å²) < 4.78 is 0.894. The molecule has 0 bridgehead atoms. The van der Waals surface area contributed by atoms with Crippen LogP contribution in [0.3, 0.4) is 0 Å². The van der Waals surface area contributed by atoms with Crippen molar-refractivity contribution in [2.24, 2.45) is 0 Å². The number of nitrogens with zero attached hydrogens (tertiary/aromatic N) is 4. The standard InChI is InChI=1S/C19H27BrN4O3S/c1-21(19(27)15-5-6-16(20)28-15)13-17(25)24-11-9-22(10-12-24)14-18(26)23-7-3-2-4-8-23/h5-6H,2-4,7-14H2,1H3. The number of hydrogen-bond donors (Lipinski definition) is 0. The van der Waals surface area contributed by atoms with Crippen molar-refractivity contribution >= 4 is 45.0 Å². The summed E-state index contributed by atoms with van der Waals surface area (Å²) in [6.45, 7) is 4.84. The zero-order valence-corrected chi connectivity index (χ0v) is 18.6. The number of carbonyl (C=O) groups excluding carboxylic acids is 3. The highest BCUT2D eigenvalue weighted by molar-refractivity contribution is 9.11. The third-order valence-electron chi connectivity index (χ3n) is 5.30. The van der Waals surface area contributed by atoms with Gasteiger partial charge in [-0.05, 0) is 47.3 Å². The van der Waals surface area contributed by atoms with Crippen molar-refractivity contribution in [3.8, 4) is 0 Å². The second-order valence-corrected chi connectivity index (χ2v) is 9.83. The number of amides is 3. The fraction of sp³-hybridized carbons (Fsp3) is 0.632. The lowest BCUT2D eigenvalue weighted by Gasteiger charge is -2.36. The average Bonchev–Trinajstić information content (AvgIpc) is 3.14. The van der Waals surface area contributed by atoms with Crippen LogP contribution in [-0.2, 0) is 9.59 Å². The maximum atomic E-state index is 12.6. The monoisotopic (exact) mass is 470 g/mol. The van der Waals surface area contributed by atoms with E-state index in [4.69, 9.17) is 0 Å². The van der Waals surface area contributed by atoms with E-state index in [-0.39, 0.29) is 24.3 Å². The lowest BCUT2D eigenvalue weighted by Crippen LogP contribution is -2.53. The van der Waals surface area contributed by atoms with Gasteiger partial charge in [0.25, 0.3) is 5.91 Å². The van der Waals surface area contributed by atoms with E-state index in [9.17, 15) is 14.4 Å². The van der Waals surface area contributed by atoms with Gasteiger partial charge in [0, 0.05) is 46.3 Å². The SMILES string of the molecule is CN(CC(=O)N1CCN(CC(=O)N2CCCCC2)CC1)C(=O)c1ccc(Br)s1. The van der Waals surface area contributed by atoms with Gasteiger partial charge >= 0.3 is 0 Å². The van der Waals surface area contributed by atoms with Crippen LogP contribution < -0.4 is 0 Å². The molecule has 1 aromatic rings. The van der Waals surface area contributed by atoms with E-state index < -0.39 is 0 Å². The maximum Gasteiger partial charge on any atom is 0.264 e. The molecule has 0 aromatic carbocycles. The average molecular weight is 471 g/mol. The molecule has 0 spiro atoms. The van der Waals surface area contributed by atoms with Gasteiger partial charge in [0.15, 0.2) is 0 Å². The molecule has 0 aliphatic carbocycles. The fourth-order valence-corrected chi connectivity index (χ4v) is 4.96. The molecule has 2 saturated heterocycles. The van der Waals surface area contributed by atoms with Gasteiger partial charge in [-0.2, -0.15) is 0 Å². The van der Waals surface area contributed by atoms with E-state index in [0.29, 0.717) is 37.6 Å². The molecule has 2 fully saturated rings. The fourth-order valence-electron chi connectivity index (χ4n) is 3.58. The second-order valence-electron chi connectivity index (χ2n) is 7.36. The lowest BCUT2D eigenvalue weighted by atomic mass is 10.1. The maximum absolute atomic E-state index is 12.6. The summed E-state index contributed by atoms with van der Waals surface area (Å²) in [5.41, 5.74) is 0.